The number of carboxylic acids is 1. The van der Waals surface area contributed by atoms with E-state index in [4.69, 9.17) is 5.11 Å². The number of phenolic OH excluding ortho intramolecular Hbond substituents is 1. The number of anilines is 1. The van der Waals surface area contributed by atoms with Gasteiger partial charge in [0.25, 0.3) is 0 Å². The highest BCUT2D eigenvalue weighted by Crippen LogP contribution is 2.18. The second-order valence-corrected chi connectivity index (χ2v) is 4.44. The zero-order chi connectivity index (χ0) is 15.0. The Labute approximate surface area is 118 Å². The summed E-state index contributed by atoms with van der Waals surface area (Å²) in [5.74, 6) is -1.03. The molecule has 0 spiro atoms. The maximum atomic E-state index is 12.0. The molecule has 0 aromatic heterocycles. The number of nitrogens with zero attached hydrogens (tertiary/aromatic N) is 1. The molecule has 0 unspecified atom stereocenters. The number of urea groups is 1. The third-order valence-electron chi connectivity index (χ3n) is 2.76. The van der Waals surface area contributed by atoms with Crippen LogP contribution in [0.25, 0.3) is 0 Å². The molecule has 110 valence electrons. The minimum Gasteiger partial charge on any atom is -0.508 e. The van der Waals surface area contributed by atoms with Gasteiger partial charge in [-0.15, -0.1) is 0 Å². The summed E-state index contributed by atoms with van der Waals surface area (Å²) in [5.41, 5.74) is 0.429. The topological polar surface area (TPSA) is 89.9 Å². The van der Waals surface area contributed by atoms with Gasteiger partial charge in [0.2, 0.25) is 0 Å². The quantitative estimate of drug-likeness (QED) is 0.668. The Bertz CT molecular complexity index is 445. The van der Waals surface area contributed by atoms with Crippen LogP contribution in [0, 0.1) is 0 Å². The number of nitrogens with one attached hydrogen (secondary N) is 1. The second kappa shape index (κ2) is 8.04. The van der Waals surface area contributed by atoms with Crippen LogP contribution in [-0.2, 0) is 4.79 Å². The van der Waals surface area contributed by atoms with Gasteiger partial charge in [0.1, 0.15) is 12.3 Å². The van der Waals surface area contributed by atoms with Crippen LogP contribution in [0.5, 0.6) is 5.75 Å². The normalized spacial score (nSPS) is 10.1. The van der Waals surface area contributed by atoms with Crippen molar-refractivity contribution in [3.8, 4) is 5.75 Å². The number of phenols is 1. The monoisotopic (exact) mass is 280 g/mol. The molecule has 0 atom stereocenters. The molecule has 1 rings (SSSR count). The van der Waals surface area contributed by atoms with Gasteiger partial charge in [-0.05, 0) is 30.7 Å². The fraction of sp³-hybridized carbons (Fsp3) is 0.429. The average Bonchev–Trinajstić information content (AvgIpc) is 2.42. The number of carboxylic acid groups (broad SMARTS) is 1. The molecule has 6 nitrogen and oxygen atoms in total. The Morgan fingerprint density at radius 3 is 2.40 bits per heavy atom. The van der Waals surface area contributed by atoms with Crippen LogP contribution in [0.4, 0.5) is 10.5 Å². The highest BCUT2D eigenvalue weighted by Gasteiger charge is 2.18. The number of benzene rings is 1. The van der Waals surface area contributed by atoms with E-state index in [0.29, 0.717) is 12.2 Å². The maximum Gasteiger partial charge on any atom is 0.323 e. The number of amides is 2. The summed E-state index contributed by atoms with van der Waals surface area (Å²) in [6.45, 7) is 2.15. The van der Waals surface area contributed by atoms with Gasteiger partial charge in [-0.3, -0.25) is 9.69 Å². The molecular weight excluding hydrogens is 260 g/mol. The van der Waals surface area contributed by atoms with E-state index in [0.717, 1.165) is 24.2 Å². The number of unbranched alkanes of at least 4 members (excludes halogenated alkanes) is 2. The van der Waals surface area contributed by atoms with Crippen LogP contribution >= 0.6 is 0 Å². The minimum absolute atomic E-state index is 0.0624. The molecule has 20 heavy (non-hydrogen) atoms. The Balaban J connectivity index is 2.70. The van der Waals surface area contributed by atoms with Crippen LogP contribution in [0.3, 0.4) is 0 Å². The molecular formula is C14H20N2O4. The van der Waals surface area contributed by atoms with Gasteiger partial charge in [-0.25, -0.2) is 4.79 Å². The average molecular weight is 280 g/mol. The summed E-state index contributed by atoms with van der Waals surface area (Å²) in [5, 5.41) is 20.8. The van der Waals surface area contributed by atoms with E-state index < -0.39 is 18.5 Å². The van der Waals surface area contributed by atoms with Crippen LogP contribution < -0.4 is 10.2 Å². The molecule has 0 heterocycles. The van der Waals surface area contributed by atoms with Gasteiger partial charge in [-0.1, -0.05) is 19.8 Å². The zero-order valence-corrected chi connectivity index (χ0v) is 11.5. The van der Waals surface area contributed by atoms with Crippen molar-refractivity contribution < 1.29 is 19.8 Å². The van der Waals surface area contributed by atoms with Crippen LogP contribution in [0.1, 0.15) is 26.2 Å². The Hall–Kier alpha value is -2.24. The lowest BCUT2D eigenvalue weighted by Crippen LogP contribution is -2.43. The Morgan fingerprint density at radius 1 is 1.20 bits per heavy atom. The van der Waals surface area contributed by atoms with Gasteiger partial charge in [0.15, 0.2) is 0 Å². The van der Waals surface area contributed by atoms with Crippen molar-refractivity contribution in [2.75, 3.05) is 18.0 Å². The first kappa shape index (κ1) is 15.8. The first-order valence-electron chi connectivity index (χ1n) is 6.60. The molecule has 6 heteroatoms. The van der Waals surface area contributed by atoms with Crippen LogP contribution in [0.15, 0.2) is 24.3 Å². The van der Waals surface area contributed by atoms with Crippen LogP contribution in [0.2, 0.25) is 0 Å². The molecule has 0 fully saturated rings. The number of carbonyl (C=O) groups excluding carboxylic acids is 1. The molecule has 2 amide bonds. The summed E-state index contributed by atoms with van der Waals surface area (Å²) in [6, 6.07) is 5.38. The van der Waals surface area contributed by atoms with Crippen molar-refractivity contribution in [1.29, 1.82) is 0 Å². The van der Waals surface area contributed by atoms with E-state index in [2.05, 4.69) is 12.2 Å². The van der Waals surface area contributed by atoms with Crippen molar-refractivity contribution in [2.24, 2.45) is 0 Å². The fourth-order valence-electron chi connectivity index (χ4n) is 1.71. The number of rotatable bonds is 7. The molecule has 0 bridgehead atoms. The van der Waals surface area contributed by atoms with E-state index in [-0.39, 0.29) is 5.75 Å². The predicted molar refractivity (Wildman–Crippen MR) is 76.0 cm³/mol. The van der Waals surface area contributed by atoms with E-state index in [1.54, 1.807) is 0 Å². The summed E-state index contributed by atoms with van der Waals surface area (Å²) in [6.07, 6.45) is 2.92. The van der Waals surface area contributed by atoms with E-state index in [1.165, 1.54) is 24.3 Å². The molecule has 0 aliphatic carbocycles. The van der Waals surface area contributed by atoms with Crippen LogP contribution in [-0.4, -0.2) is 35.3 Å². The lowest BCUT2D eigenvalue weighted by molar-refractivity contribution is -0.135. The number of carbonyl (C=O) groups is 2. The lowest BCUT2D eigenvalue weighted by Gasteiger charge is -2.21. The van der Waals surface area contributed by atoms with Crippen molar-refractivity contribution in [3.05, 3.63) is 24.3 Å². The Kier molecular flexibility index (Phi) is 6.36. The van der Waals surface area contributed by atoms with Gasteiger partial charge in [0.05, 0.1) is 0 Å². The lowest BCUT2D eigenvalue weighted by atomic mass is 10.2. The van der Waals surface area contributed by atoms with Crippen molar-refractivity contribution in [3.63, 3.8) is 0 Å². The third-order valence-corrected chi connectivity index (χ3v) is 2.76. The zero-order valence-electron chi connectivity index (χ0n) is 11.5. The molecule has 0 radical (unpaired) electrons. The van der Waals surface area contributed by atoms with Crippen molar-refractivity contribution >= 4 is 17.7 Å². The number of aromatic hydroxyl groups is 1. The molecule has 1 aromatic carbocycles. The van der Waals surface area contributed by atoms with Gasteiger partial charge < -0.3 is 15.5 Å². The third kappa shape index (κ3) is 5.17. The molecule has 0 saturated heterocycles. The SMILES string of the molecule is CCCCCNC(=O)N(CC(=O)O)c1ccc(O)cc1. The molecule has 0 aliphatic rings. The highest BCUT2D eigenvalue weighted by molar-refractivity contribution is 5.96. The standard InChI is InChI=1S/C14H20N2O4/c1-2-3-4-9-15-14(20)16(10-13(18)19)11-5-7-12(17)8-6-11/h5-8,17H,2-4,9-10H2,1H3,(H,15,20)(H,18,19). The van der Waals surface area contributed by atoms with Crippen molar-refractivity contribution in [1.82, 2.24) is 5.32 Å². The second-order valence-electron chi connectivity index (χ2n) is 4.44. The highest BCUT2D eigenvalue weighted by atomic mass is 16.4. The van der Waals surface area contributed by atoms with Gasteiger partial charge >= 0.3 is 12.0 Å². The van der Waals surface area contributed by atoms with Gasteiger partial charge in [0, 0.05) is 12.2 Å². The molecule has 1 aromatic rings. The molecule has 0 saturated carbocycles. The first-order valence-corrected chi connectivity index (χ1v) is 6.60. The molecule has 3 N–H and O–H groups in total. The number of hydrogen-bond acceptors (Lipinski definition) is 3. The first-order chi connectivity index (χ1) is 9.54. The van der Waals surface area contributed by atoms with E-state index in [1.807, 2.05) is 0 Å². The Morgan fingerprint density at radius 2 is 1.85 bits per heavy atom. The molecule has 0 aliphatic heterocycles. The summed E-state index contributed by atoms with van der Waals surface area (Å²) in [7, 11) is 0. The minimum atomic E-state index is -1.10. The van der Waals surface area contributed by atoms with Crippen molar-refractivity contribution in [2.45, 2.75) is 26.2 Å². The van der Waals surface area contributed by atoms with E-state index >= 15 is 0 Å². The smallest absolute Gasteiger partial charge is 0.323 e. The predicted octanol–water partition coefficient (Wildman–Crippen LogP) is 2.18. The number of hydrogen-bond donors (Lipinski definition) is 3. The van der Waals surface area contributed by atoms with Gasteiger partial charge in [-0.2, -0.15) is 0 Å². The largest absolute Gasteiger partial charge is 0.508 e. The summed E-state index contributed by atoms with van der Waals surface area (Å²) < 4.78 is 0. The number of aliphatic carboxylic acids is 1. The van der Waals surface area contributed by atoms with E-state index in [9.17, 15) is 14.7 Å². The maximum absolute atomic E-state index is 12.0. The summed E-state index contributed by atoms with van der Waals surface area (Å²) >= 11 is 0. The summed E-state index contributed by atoms with van der Waals surface area (Å²) in [4.78, 5) is 24.0. The fourth-order valence-corrected chi connectivity index (χ4v) is 1.71.